The third-order valence-corrected chi connectivity index (χ3v) is 2.99. The molecular formula is C13H18N2O7S. The zero-order valence-electron chi connectivity index (χ0n) is 12.4. The van der Waals surface area contributed by atoms with Gasteiger partial charge in [0.05, 0.1) is 0 Å². The molecule has 128 valence electrons. The van der Waals surface area contributed by atoms with Crippen LogP contribution in [0.5, 0.6) is 0 Å². The largest absolute Gasteiger partial charge is 0.481 e. The van der Waals surface area contributed by atoms with Crippen LogP contribution in [0.1, 0.15) is 19.3 Å². The van der Waals surface area contributed by atoms with Gasteiger partial charge >= 0.3 is 11.9 Å². The fraction of sp³-hybridized carbons (Fsp3) is 0.462. The molecule has 0 spiro atoms. The summed E-state index contributed by atoms with van der Waals surface area (Å²) in [7, 11) is -3.44. The molecular weight excluding hydrogens is 328 g/mol. The first-order valence-corrected chi connectivity index (χ1v) is 8.33. The number of nitrogens with one attached hydrogen (secondary N) is 1. The van der Waals surface area contributed by atoms with Crippen LogP contribution < -0.4 is 11.1 Å². The second-order valence-electron chi connectivity index (χ2n) is 4.57. The molecule has 0 rings (SSSR count). The fourth-order valence-corrected chi connectivity index (χ4v) is 1.78. The minimum absolute atomic E-state index is 0.0393. The lowest BCUT2D eigenvalue weighted by Crippen LogP contribution is -2.44. The molecule has 0 heterocycles. The Labute approximate surface area is 133 Å². The summed E-state index contributed by atoms with van der Waals surface area (Å²) in [6.45, 7) is 0. The highest BCUT2D eigenvalue weighted by atomic mass is 32.2. The molecule has 0 fully saturated rings. The van der Waals surface area contributed by atoms with E-state index in [0.717, 1.165) is 17.7 Å². The van der Waals surface area contributed by atoms with E-state index >= 15 is 0 Å². The SMILES string of the molecule is CS(=O)(=O)/C=C/[C@H](CCC(=O)O)NC(=O)C(N)C#CCC(=O)O. The number of aliphatic carboxylic acids is 2. The fourth-order valence-electron chi connectivity index (χ4n) is 1.31. The summed E-state index contributed by atoms with van der Waals surface area (Å²) in [6.07, 6.45) is 1.29. The number of carboxylic acid groups (broad SMARTS) is 2. The van der Waals surface area contributed by atoms with Crippen molar-refractivity contribution in [1.29, 1.82) is 0 Å². The van der Waals surface area contributed by atoms with Crippen molar-refractivity contribution in [2.24, 2.45) is 5.73 Å². The lowest BCUT2D eigenvalue weighted by molar-refractivity contribution is -0.137. The molecule has 0 aromatic rings. The van der Waals surface area contributed by atoms with Crippen molar-refractivity contribution >= 4 is 27.7 Å². The molecule has 1 unspecified atom stereocenters. The van der Waals surface area contributed by atoms with Crippen molar-refractivity contribution in [2.75, 3.05) is 6.26 Å². The third kappa shape index (κ3) is 11.9. The summed E-state index contributed by atoms with van der Waals surface area (Å²) >= 11 is 0. The van der Waals surface area contributed by atoms with E-state index < -0.39 is 46.2 Å². The highest BCUT2D eigenvalue weighted by Crippen LogP contribution is 2.02. The van der Waals surface area contributed by atoms with Gasteiger partial charge in [0.1, 0.15) is 12.5 Å². The summed E-state index contributed by atoms with van der Waals surface area (Å²) in [5.74, 6) is 1.39. The Kier molecular flexibility index (Phi) is 8.61. The number of carboxylic acids is 2. The van der Waals surface area contributed by atoms with Crippen molar-refractivity contribution in [1.82, 2.24) is 5.32 Å². The summed E-state index contributed by atoms with van der Waals surface area (Å²) in [5, 5.41) is 20.3. The number of rotatable bonds is 8. The molecule has 9 nitrogen and oxygen atoms in total. The zero-order chi connectivity index (χ0) is 18.0. The van der Waals surface area contributed by atoms with E-state index in [9.17, 15) is 22.8 Å². The molecule has 0 aliphatic rings. The van der Waals surface area contributed by atoms with Gasteiger partial charge in [-0.05, 0) is 6.42 Å². The molecule has 0 saturated heterocycles. The van der Waals surface area contributed by atoms with Crippen LogP contribution in [0, 0.1) is 11.8 Å². The number of carbonyl (C=O) groups excluding carboxylic acids is 1. The number of sulfone groups is 1. The Balaban J connectivity index is 4.87. The topological polar surface area (TPSA) is 164 Å². The number of amides is 1. The normalized spacial score (nSPS) is 13.7. The molecule has 0 aliphatic heterocycles. The van der Waals surface area contributed by atoms with Crippen LogP contribution in [0.4, 0.5) is 0 Å². The Morgan fingerprint density at radius 1 is 1.26 bits per heavy atom. The van der Waals surface area contributed by atoms with Gasteiger partial charge in [-0.2, -0.15) is 0 Å². The molecule has 0 aromatic heterocycles. The van der Waals surface area contributed by atoms with Crippen LogP contribution in [0.15, 0.2) is 11.5 Å². The summed E-state index contributed by atoms with van der Waals surface area (Å²) in [5.41, 5.74) is 5.45. The van der Waals surface area contributed by atoms with Crippen molar-refractivity contribution in [3.05, 3.63) is 11.5 Å². The predicted molar refractivity (Wildman–Crippen MR) is 80.8 cm³/mol. The van der Waals surface area contributed by atoms with Crippen LogP contribution in [-0.4, -0.2) is 54.8 Å². The second kappa shape index (κ2) is 9.60. The van der Waals surface area contributed by atoms with Crippen molar-refractivity contribution in [3.63, 3.8) is 0 Å². The Hall–Kier alpha value is -2.38. The quantitative estimate of drug-likeness (QED) is 0.394. The standard InChI is InChI=1S/C13H18N2O7S/c1-23(21,22)8-7-9(5-6-12(18)19)15-13(20)10(14)3-2-4-11(16)17/h7-10H,4-6,14H2,1H3,(H,15,20)(H,16,17)(H,18,19)/b8-7+/t9-,10?/m0/s1. The van der Waals surface area contributed by atoms with Gasteiger partial charge in [-0.25, -0.2) is 8.42 Å². The highest BCUT2D eigenvalue weighted by Gasteiger charge is 2.16. The van der Waals surface area contributed by atoms with E-state index in [1.165, 1.54) is 0 Å². The summed E-state index contributed by atoms with van der Waals surface area (Å²) in [4.78, 5) is 32.6. The third-order valence-electron chi connectivity index (χ3n) is 2.33. The first kappa shape index (κ1) is 20.6. The van der Waals surface area contributed by atoms with E-state index in [1.54, 1.807) is 0 Å². The van der Waals surface area contributed by atoms with E-state index in [4.69, 9.17) is 15.9 Å². The maximum atomic E-state index is 11.8. The van der Waals surface area contributed by atoms with Gasteiger partial charge < -0.3 is 21.3 Å². The lowest BCUT2D eigenvalue weighted by Gasteiger charge is -2.15. The maximum Gasteiger partial charge on any atom is 0.315 e. The Morgan fingerprint density at radius 3 is 2.35 bits per heavy atom. The van der Waals surface area contributed by atoms with E-state index in [2.05, 4.69) is 17.2 Å². The number of hydrogen-bond donors (Lipinski definition) is 4. The van der Waals surface area contributed by atoms with Gasteiger partial charge in [-0.3, -0.25) is 14.4 Å². The van der Waals surface area contributed by atoms with Crippen molar-refractivity contribution in [3.8, 4) is 11.8 Å². The van der Waals surface area contributed by atoms with Gasteiger partial charge in [0, 0.05) is 24.1 Å². The van der Waals surface area contributed by atoms with Crippen molar-refractivity contribution in [2.45, 2.75) is 31.3 Å². The lowest BCUT2D eigenvalue weighted by atomic mass is 10.1. The molecule has 0 aliphatic carbocycles. The van der Waals surface area contributed by atoms with Crippen LogP contribution in [0.3, 0.4) is 0 Å². The minimum atomic E-state index is -3.44. The van der Waals surface area contributed by atoms with Gasteiger partial charge in [0.15, 0.2) is 9.84 Å². The van der Waals surface area contributed by atoms with E-state index in [1.807, 2.05) is 0 Å². The van der Waals surface area contributed by atoms with Gasteiger partial charge in [0.25, 0.3) is 0 Å². The Morgan fingerprint density at radius 2 is 1.87 bits per heavy atom. The molecule has 10 heteroatoms. The summed E-state index contributed by atoms with van der Waals surface area (Å²) < 4.78 is 22.2. The molecule has 5 N–H and O–H groups in total. The average Bonchev–Trinajstić information content (AvgIpc) is 2.39. The zero-order valence-corrected chi connectivity index (χ0v) is 13.2. The summed E-state index contributed by atoms with van der Waals surface area (Å²) in [6, 6.07) is -2.17. The van der Waals surface area contributed by atoms with Gasteiger partial charge in [-0.15, -0.1) is 0 Å². The second-order valence-corrected chi connectivity index (χ2v) is 6.51. The Bertz CT molecular complexity index is 643. The van der Waals surface area contributed by atoms with Gasteiger partial charge in [-0.1, -0.05) is 17.9 Å². The molecule has 2 atom stereocenters. The first-order valence-electron chi connectivity index (χ1n) is 6.37. The van der Waals surface area contributed by atoms with Gasteiger partial charge in [0.2, 0.25) is 5.91 Å². The van der Waals surface area contributed by atoms with Crippen molar-refractivity contribution < 1.29 is 33.0 Å². The monoisotopic (exact) mass is 346 g/mol. The number of hydrogen-bond acceptors (Lipinski definition) is 6. The minimum Gasteiger partial charge on any atom is -0.481 e. The van der Waals surface area contributed by atoms with Crippen LogP contribution in [0.25, 0.3) is 0 Å². The molecule has 1 amide bonds. The molecule has 0 bridgehead atoms. The molecule has 0 saturated carbocycles. The number of carbonyl (C=O) groups is 3. The average molecular weight is 346 g/mol. The van der Waals surface area contributed by atoms with Crippen LogP contribution in [-0.2, 0) is 24.2 Å². The number of nitrogens with two attached hydrogens (primary N) is 1. The predicted octanol–water partition coefficient (Wildman–Crippen LogP) is -1.30. The van der Waals surface area contributed by atoms with E-state index in [-0.39, 0.29) is 12.8 Å². The van der Waals surface area contributed by atoms with Crippen LogP contribution in [0.2, 0.25) is 0 Å². The highest BCUT2D eigenvalue weighted by molar-refractivity contribution is 7.93. The smallest absolute Gasteiger partial charge is 0.315 e. The molecule has 23 heavy (non-hydrogen) atoms. The van der Waals surface area contributed by atoms with E-state index in [0.29, 0.717) is 0 Å². The molecule has 0 radical (unpaired) electrons. The molecule has 0 aromatic carbocycles. The maximum absolute atomic E-state index is 11.8. The van der Waals surface area contributed by atoms with Crippen LogP contribution >= 0.6 is 0 Å². The first-order chi connectivity index (χ1) is 10.5.